The van der Waals surface area contributed by atoms with Crippen molar-refractivity contribution in [3.05, 3.63) is 40.4 Å². The zero-order valence-corrected chi connectivity index (χ0v) is 13.9. The fourth-order valence-electron chi connectivity index (χ4n) is 1.75. The van der Waals surface area contributed by atoms with Crippen LogP contribution in [0.25, 0.3) is 12.2 Å². The molecule has 1 aromatic heterocycles. The summed E-state index contributed by atoms with van der Waals surface area (Å²) < 4.78 is 40.8. The Balaban J connectivity index is 0.000000550. The summed E-state index contributed by atoms with van der Waals surface area (Å²) in [5.74, 6) is -0.557. The topological polar surface area (TPSA) is 77.5 Å². The van der Waals surface area contributed by atoms with E-state index >= 15 is 0 Å². The summed E-state index contributed by atoms with van der Waals surface area (Å²) in [5.41, 5.74) is 0.249. The van der Waals surface area contributed by atoms with Crippen molar-refractivity contribution in [1.82, 2.24) is 5.10 Å². The van der Waals surface area contributed by atoms with Crippen LogP contribution in [0.5, 0.6) is 17.2 Å². The van der Waals surface area contributed by atoms with Crippen molar-refractivity contribution < 1.29 is 37.3 Å². The fraction of sp³-hybridized carbons (Fsp3) is 0.143. The highest BCUT2D eigenvalue weighted by Gasteiger charge is 2.20. The van der Waals surface area contributed by atoms with Crippen molar-refractivity contribution in [2.24, 2.45) is 0 Å². The molecule has 25 heavy (non-hydrogen) atoms. The van der Waals surface area contributed by atoms with Crippen LogP contribution in [-0.2, 0) is 6.54 Å². The van der Waals surface area contributed by atoms with Crippen LogP contribution >= 0.6 is 11.3 Å². The van der Waals surface area contributed by atoms with Gasteiger partial charge in [0, 0.05) is 23.3 Å². The van der Waals surface area contributed by atoms with Gasteiger partial charge in [-0.25, -0.2) is 0 Å². The molecule has 1 heterocycles. The molecule has 2 aromatic rings. The second-order valence-electron chi connectivity index (χ2n) is 4.66. The Morgan fingerprint density at radius 3 is 2.16 bits per heavy atom. The van der Waals surface area contributed by atoms with E-state index in [4.69, 9.17) is 0 Å². The lowest BCUT2D eigenvalue weighted by molar-refractivity contribution is -0.741. The van der Waals surface area contributed by atoms with Crippen LogP contribution in [0.15, 0.2) is 24.8 Å². The van der Waals surface area contributed by atoms with E-state index in [0.717, 1.165) is 10.0 Å². The monoisotopic (exact) mass is 378 g/mol. The zero-order valence-electron chi connectivity index (χ0n) is 13.0. The van der Waals surface area contributed by atoms with Crippen LogP contribution in [0.3, 0.4) is 0 Å². The molecule has 0 aliphatic rings. The van der Waals surface area contributed by atoms with Gasteiger partial charge in [-0.3, -0.25) is 0 Å². The lowest BCUT2D eigenvalue weighted by Gasteiger charge is -2.02. The van der Waals surface area contributed by atoms with E-state index in [1.807, 2.05) is 6.92 Å². The van der Waals surface area contributed by atoms with Gasteiger partial charge < -0.3 is 32.6 Å². The standard InChI is InChI=1S/C14H14N2O3S.BF4/c1-3-6-16-14(20-9(2)15-16)5-4-11-12(18)7-10(17)8-13(11)19;2-1(3,4)5/h3-5,7-8H,1,6H2,2H3,(H2,17,18,19);/q;-1/p+1. The first-order chi connectivity index (χ1) is 11.5. The average Bonchev–Trinajstić information content (AvgIpc) is 2.76. The third-order valence-electron chi connectivity index (χ3n) is 2.58. The van der Waals surface area contributed by atoms with Crippen molar-refractivity contribution in [3.63, 3.8) is 0 Å². The van der Waals surface area contributed by atoms with Gasteiger partial charge in [-0.05, 0) is 30.4 Å². The Kier molecular flexibility index (Phi) is 6.98. The van der Waals surface area contributed by atoms with Crippen molar-refractivity contribution in [2.75, 3.05) is 0 Å². The molecule has 136 valence electrons. The normalized spacial score (nSPS) is 11.2. The molecule has 0 saturated carbocycles. The van der Waals surface area contributed by atoms with E-state index in [1.54, 1.807) is 22.9 Å². The number of hydrogen-bond donors (Lipinski definition) is 3. The smallest absolute Gasteiger partial charge is 0.508 e. The summed E-state index contributed by atoms with van der Waals surface area (Å²) in [6.45, 7) is 6.16. The minimum absolute atomic E-state index is 0.185. The number of halogens is 4. The van der Waals surface area contributed by atoms with Crippen LogP contribution in [0.2, 0.25) is 0 Å². The molecule has 2 rings (SSSR count). The predicted octanol–water partition coefficient (Wildman–Crippen LogP) is 3.51. The van der Waals surface area contributed by atoms with Crippen molar-refractivity contribution >= 4 is 30.7 Å². The largest absolute Gasteiger partial charge is 0.673 e. The maximum absolute atomic E-state index is 9.75. The summed E-state index contributed by atoms with van der Waals surface area (Å²) in [4.78, 5) is 0. The molecule has 0 fully saturated rings. The quantitative estimate of drug-likeness (QED) is 0.329. The number of aromatic nitrogens is 2. The van der Waals surface area contributed by atoms with Gasteiger partial charge in [0.2, 0.25) is 0 Å². The Morgan fingerprint density at radius 2 is 1.68 bits per heavy atom. The number of phenolic OH excluding ortho intramolecular Hbond substituents is 3. The summed E-state index contributed by atoms with van der Waals surface area (Å²) in [7, 11) is -6.00. The van der Waals surface area contributed by atoms with E-state index in [9.17, 15) is 32.6 Å². The van der Waals surface area contributed by atoms with E-state index in [0.29, 0.717) is 6.54 Å². The van der Waals surface area contributed by atoms with E-state index in [-0.39, 0.29) is 22.8 Å². The van der Waals surface area contributed by atoms with Gasteiger partial charge in [-0.15, -0.1) is 0 Å². The second-order valence-corrected chi connectivity index (χ2v) is 5.87. The van der Waals surface area contributed by atoms with Crippen molar-refractivity contribution in [1.29, 1.82) is 0 Å². The first-order valence-electron chi connectivity index (χ1n) is 6.80. The van der Waals surface area contributed by atoms with Gasteiger partial charge in [0.25, 0.3) is 5.01 Å². The summed E-state index contributed by atoms with van der Waals surface area (Å²) in [5, 5.41) is 34.8. The number of allylic oxidation sites excluding steroid dienone is 1. The Bertz CT molecular complexity index is 749. The number of aromatic hydroxyl groups is 3. The van der Waals surface area contributed by atoms with Gasteiger partial charge >= 0.3 is 7.25 Å². The third kappa shape index (κ3) is 7.25. The molecule has 0 unspecified atom stereocenters. The first kappa shape index (κ1) is 20.5. The minimum atomic E-state index is -6.00. The molecule has 0 amide bonds. The molecule has 0 bridgehead atoms. The van der Waals surface area contributed by atoms with Gasteiger partial charge in [0.05, 0.1) is 5.56 Å². The molecule has 1 aromatic carbocycles. The molecular formula is C14H15BF4N2O3S. The van der Waals surface area contributed by atoms with Crippen LogP contribution in [-0.4, -0.2) is 27.7 Å². The SMILES string of the molecule is C=CC[n+]1nc(C)sc1/C=C/c1c(O)cc(O)cc1O.F[B-](F)(F)F. The van der Waals surface area contributed by atoms with E-state index in [2.05, 4.69) is 11.7 Å². The van der Waals surface area contributed by atoms with Crippen LogP contribution in [0.4, 0.5) is 17.3 Å². The van der Waals surface area contributed by atoms with Gasteiger partial charge in [-0.2, -0.15) is 0 Å². The molecule has 0 aliphatic heterocycles. The molecule has 0 spiro atoms. The molecule has 5 nitrogen and oxygen atoms in total. The number of nitrogens with zero attached hydrogens (tertiary/aromatic N) is 2. The van der Waals surface area contributed by atoms with Crippen LogP contribution in [0.1, 0.15) is 15.6 Å². The third-order valence-corrected chi connectivity index (χ3v) is 3.52. The van der Waals surface area contributed by atoms with Crippen molar-refractivity contribution in [3.8, 4) is 17.2 Å². The maximum Gasteiger partial charge on any atom is 0.673 e. The fourth-order valence-corrected chi connectivity index (χ4v) is 2.55. The highest BCUT2D eigenvalue weighted by atomic mass is 32.1. The Hall–Kier alpha value is -2.56. The Morgan fingerprint density at radius 1 is 1.16 bits per heavy atom. The minimum Gasteiger partial charge on any atom is -0.508 e. The maximum atomic E-state index is 9.75. The summed E-state index contributed by atoms with van der Waals surface area (Å²) in [6.07, 6.45) is 5.07. The Labute approximate surface area is 144 Å². The predicted molar refractivity (Wildman–Crippen MR) is 87.8 cm³/mol. The number of benzene rings is 1. The van der Waals surface area contributed by atoms with Gasteiger partial charge in [0.15, 0.2) is 11.6 Å². The lowest BCUT2D eigenvalue weighted by Crippen LogP contribution is -2.37. The van der Waals surface area contributed by atoms with Gasteiger partial charge in [-0.1, -0.05) is 11.3 Å². The second kappa shape index (κ2) is 8.52. The molecule has 0 aliphatic carbocycles. The van der Waals surface area contributed by atoms with Crippen molar-refractivity contribution in [2.45, 2.75) is 13.5 Å². The molecule has 0 atom stereocenters. The van der Waals surface area contributed by atoms with E-state index < -0.39 is 7.25 Å². The summed E-state index contributed by atoms with van der Waals surface area (Å²) in [6, 6.07) is 2.35. The zero-order chi connectivity index (χ0) is 19.2. The number of rotatable bonds is 4. The number of phenols is 3. The first-order valence-corrected chi connectivity index (χ1v) is 7.61. The van der Waals surface area contributed by atoms with E-state index in [1.165, 1.54) is 23.5 Å². The van der Waals surface area contributed by atoms with Gasteiger partial charge in [0.1, 0.15) is 17.2 Å². The summed E-state index contributed by atoms with van der Waals surface area (Å²) >= 11 is 1.49. The molecule has 0 saturated heterocycles. The highest BCUT2D eigenvalue weighted by molar-refractivity contribution is 7.11. The number of hydrogen-bond acceptors (Lipinski definition) is 5. The van der Waals surface area contributed by atoms with Crippen LogP contribution in [0, 0.1) is 6.92 Å². The average molecular weight is 378 g/mol. The lowest BCUT2D eigenvalue weighted by atomic mass is 10.1. The number of aryl methyl sites for hydroxylation is 1. The highest BCUT2D eigenvalue weighted by Crippen LogP contribution is 2.33. The molecular weight excluding hydrogens is 363 g/mol. The molecule has 0 radical (unpaired) electrons. The molecule has 11 heteroatoms. The molecule has 3 N–H and O–H groups in total. The van der Waals surface area contributed by atoms with Crippen LogP contribution < -0.4 is 4.68 Å².